The van der Waals surface area contributed by atoms with Crippen LogP contribution in [-0.4, -0.2) is 32.1 Å². The summed E-state index contributed by atoms with van der Waals surface area (Å²) in [6.07, 6.45) is 2.51. The fraction of sp³-hybridized carbons (Fsp3) is 0.250. The maximum Gasteiger partial charge on any atom is 0.328 e. The molecule has 0 unspecified atom stereocenters. The molecule has 1 N–H and O–H groups in total. The number of methoxy groups -OCH3 is 2. The Hall–Kier alpha value is -2.01. The monoisotopic (exact) mass is 238 g/mol. The third-order valence-corrected chi connectivity index (χ3v) is 1.95. The molecule has 1 aromatic rings. The second kappa shape index (κ2) is 6.55. The van der Waals surface area contributed by atoms with E-state index in [9.17, 15) is 4.79 Å². The van der Waals surface area contributed by atoms with E-state index >= 15 is 0 Å². The van der Waals surface area contributed by atoms with Crippen molar-refractivity contribution in [2.75, 3.05) is 21.0 Å². The van der Waals surface area contributed by atoms with Crippen molar-refractivity contribution in [1.29, 1.82) is 0 Å². The third-order valence-electron chi connectivity index (χ3n) is 1.95. The van der Waals surface area contributed by atoms with Crippen LogP contribution in [0.25, 0.3) is 6.08 Å². The number of carbonyl (C=O) groups is 1. The van der Waals surface area contributed by atoms with E-state index in [1.807, 2.05) is 0 Å². The Labute approximate surface area is 99.2 Å². The fourth-order valence-electron chi connectivity index (χ4n) is 1.21. The van der Waals surface area contributed by atoms with Gasteiger partial charge in [-0.2, -0.15) is 0 Å². The average molecular weight is 238 g/mol. The lowest BCUT2D eigenvalue weighted by Gasteiger charge is -2.08. The summed E-state index contributed by atoms with van der Waals surface area (Å²) in [5, 5.41) is 8.54. The van der Waals surface area contributed by atoms with Crippen LogP contribution >= 0.6 is 0 Å². The summed E-state index contributed by atoms with van der Waals surface area (Å²) in [7, 11) is 3.04. The highest BCUT2D eigenvalue weighted by molar-refractivity contribution is 5.86. The highest BCUT2D eigenvalue weighted by Crippen LogP contribution is 2.25. The van der Waals surface area contributed by atoms with Crippen LogP contribution < -0.4 is 9.47 Å². The van der Waals surface area contributed by atoms with Crippen LogP contribution in [-0.2, 0) is 9.53 Å². The Kier molecular flexibility index (Phi) is 5.03. The summed E-state index contributed by atoms with van der Waals surface area (Å²) in [5.74, 6) is 0.124. The Bertz CT molecular complexity index is 411. The largest absolute Gasteiger partial charge is 0.496 e. The van der Waals surface area contributed by atoms with Gasteiger partial charge in [-0.25, -0.2) is 4.79 Å². The molecule has 0 atom stereocenters. The number of carboxylic acids is 1. The Morgan fingerprint density at radius 1 is 1.41 bits per heavy atom. The first-order valence-corrected chi connectivity index (χ1v) is 4.88. The highest BCUT2D eigenvalue weighted by Gasteiger charge is 2.03. The quantitative estimate of drug-likeness (QED) is 0.604. The summed E-state index contributed by atoms with van der Waals surface area (Å²) < 4.78 is 15.1. The van der Waals surface area contributed by atoms with E-state index in [2.05, 4.69) is 0 Å². The van der Waals surface area contributed by atoms with Crippen LogP contribution in [0.1, 0.15) is 5.56 Å². The smallest absolute Gasteiger partial charge is 0.328 e. The number of benzene rings is 1. The van der Waals surface area contributed by atoms with Crippen molar-refractivity contribution in [1.82, 2.24) is 0 Å². The molecule has 0 fully saturated rings. The van der Waals surface area contributed by atoms with E-state index in [1.54, 1.807) is 18.2 Å². The van der Waals surface area contributed by atoms with E-state index in [0.717, 1.165) is 6.08 Å². The van der Waals surface area contributed by atoms with Crippen molar-refractivity contribution in [3.63, 3.8) is 0 Å². The standard InChI is InChI=1S/C12H14O5/c1-15-8-17-10-5-3-9(4-6-12(13)14)11(7-10)16-2/h3-7H,8H2,1-2H3,(H,13,14)/b6-4+. The van der Waals surface area contributed by atoms with Crippen LogP contribution in [0.5, 0.6) is 11.5 Å². The first kappa shape index (κ1) is 13.1. The van der Waals surface area contributed by atoms with Crippen molar-refractivity contribution >= 4 is 12.0 Å². The lowest BCUT2D eigenvalue weighted by molar-refractivity contribution is -0.131. The molecular weight excluding hydrogens is 224 g/mol. The second-order valence-corrected chi connectivity index (χ2v) is 3.13. The number of hydrogen-bond acceptors (Lipinski definition) is 4. The number of aliphatic carboxylic acids is 1. The van der Waals surface area contributed by atoms with Gasteiger partial charge in [0.15, 0.2) is 6.79 Å². The molecule has 0 bridgehead atoms. The molecule has 0 aliphatic heterocycles. The van der Waals surface area contributed by atoms with Gasteiger partial charge in [-0.05, 0) is 18.2 Å². The molecule has 1 rings (SSSR count). The van der Waals surface area contributed by atoms with Crippen LogP contribution in [0.3, 0.4) is 0 Å². The summed E-state index contributed by atoms with van der Waals surface area (Å²) in [5.41, 5.74) is 0.666. The van der Waals surface area contributed by atoms with Gasteiger partial charge in [0.25, 0.3) is 0 Å². The predicted octanol–water partition coefficient (Wildman–Crippen LogP) is 1.78. The Morgan fingerprint density at radius 3 is 2.76 bits per heavy atom. The number of hydrogen-bond donors (Lipinski definition) is 1. The average Bonchev–Trinajstić information content (AvgIpc) is 2.34. The molecule has 0 aliphatic rings. The fourth-order valence-corrected chi connectivity index (χ4v) is 1.21. The second-order valence-electron chi connectivity index (χ2n) is 3.13. The zero-order valence-corrected chi connectivity index (χ0v) is 9.67. The predicted molar refractivity (Wildman–Crippen MR) is 62.2 cm³/mol. The molecule has 5 nitrogen and oxygen atoms in total. The van der Waals surface area contributed by atoms with Crippen LogP contribution in [0.2, 0.25) is 0 Å². The number of carboxylic acid groups (broad SMARTS) is 1. The minimum absolute atomic E-state index is 0.146. The van der Waals surface area contributed by atoms with Gasteiger partial charge in [0.05, 0.1) is 7.11 Å². The van der Waals surface area contributed by atoms with Gasteiger partial charge < -0.3 is 19.3 Å². The molecule has 0 radical (unpaired) electrons. The van der Waals surface area contributed by atoms with Gasteiger partial charge >= 0.3 is 5.97 Å². The number of rotatable bonds is 6. The SMILES string of the molecule is COCOc1ccc(/C=C/C(=O)O)c(OC)c1. The molecule has 0 heterocycles. The maximum absolute atomic E-state index is 10.4. The first-order valence-electron chi connectivity index (χ1n) is 4.88. The van der Waals surface area contributed by atoms with Crippen molar-refractivity contribution in [3.8, 4) is 11.5 Å². The molecule has 0 aliphatic carbocycles. The molecule has 0 saturated carbocycles. The summed E-state index contributed by atoms with van der Waals surface area (Å²) in [6, 6.07) is 5.09. The van der Waals surface area contributed by atoms with Gasteiger partial charge in [0, 0.05) is 24.8 Å². The zero-order chi connectivity index (χ0) is 12.7. The van der Waals surface area contributed by atoms with Crippen LogP contribution in [0.4, 0.5) is 0 Å². The van der Waals surface area contributed by atoms with E-state index in [1.165, 1.54) is 20.3 Å². The van der Waals surface area contributed by atoms with Gasteiger partial charge in [0.2, 0.25) is 0 Å². The molecule has 92 valence electrons. The third kappa shape index (κ3) is 4.16. The van der Waals surface area contributed by atoms with E-state index < -0.39 is 5.97 Å². The van der Waals surface area contributed by atoms with Crippen molar-refractivity contribution in [2.24, 2.45) is 0 Å². The normalized spacial score (nSPS) is 10.5. The molecule has 0 aromatic heterocycles. The molecule has 17 heavy (non-hydrogen) atoms. The molecule has 5 heteroatoms. The first-order chi connectivity index (χ1) is 8.17. The van der Waals surface area contributed by atoms with Crippen molar-refractivity contribution in [2.45, 2.75) is 0 Å². The maximum atomic E-state index is 10.4. The van der Waals surface area contributed by atoms with E-state index in [4.69, 9.17) is 19.3 Å². The summed E-state index contributed by atoms with van der Waals surface area (Å²) in [6.45, 7) is 0.146. The molecule has 0 amide bonds. The molecule has 0 saturated heterocycles. The minimum Gasteiger partial charge on any atom is -0.496 e. The lowest BCUT2D eigenvalue weighted by atomic mass is 10.2. The molecule has 0 spiro atoms. The van der Waals surface area contributed by atoms with Crippen molar-refractivity contribution in [3.05, 3.63) is 29.8 Å². The Balaban J connectivity index is 2.89. The summed E-state index contributed by atoms with van der Waals surface area (Å²) in [4.78, 5) is 10.4. The molecule has 1 aromatic carbocycles. The van der Waals surface area contributed by atoms with E-state index in [-0.39, 0.29) is 6.79 Å². The summed E-state index contributed by atoms with van der Waals surface area (Å²) >= 11 is 0. The molecular formula is C12H14O5. The van der Waals surface area contributed by atoms with Crippen molar-refractivity contribution < 1.29 is 24.1 Å². The van der Waals surface area contributed by atoms with Gasteiger partial charge in [-0.15, -0.1) is 0 Å². The lowest BCUT2D eigenvalue weighted by Crippen LogP contribution is -1.99. The topological polar surface area (TPSA) is 65.0 Å². The Morgan fingerprint density at radius 2 is 2.18 bits per heavy atom. The van der Waals surface area contributed by atoms with Gasteiger partial charge in [-0.3, -0.25) is 0 Å². The van der Waals surface area contributed by atoms with Gasteiger partial charge in [0.1, 0.15) is 11.5 Å². The zero-order valence-electron chi connectivity index (χ0n) is 9.67. The highest BCUT2D eigenvalue weighted by atomic mass is 16.7. The van der Waals surface area contributed by atoms with Crippen LogP contribution in [0.15, 0.2) is 24.3 Å². The van der Waals surface area contributed by atoms with E-state index in [0.29, 0.717) is 17.1 Å². The minimum atomic E-state index is -1.01. The van der Waals surface area contributed by atoms with Crippen LogP contribution in [0, 0.1) is 0 Å². The number of ether oxygens (including phenoxy) is 3. The van der Waals surface area contributed by atoms with Gasteiger partial charge in [-0.1, -0.05) is 0 Å².